The van der Waals surface area contributed by atoms with E-state index >= 15 is 0 Å². The van der Waals surface area contributed by atoms with Gasteiger partial charge >= 0.3 is 0 Å². The van der Waals surface area contributed by atoms with Crippen molar-refractivity contribution < 1.29 is 19.0 Å². The molecule has 1 amide bonds. The van der Waals surface area contributed by atoms with Gasteiger partial charge in [0.2, 0.25) is 5.91 Å². The van der Waals surface area contributed by atoms with E-state index in [0.717, 1.165) is 11.1 Å². The Labute approximate surface area is 164 Å². The number of hydrazine groups is 1. The predicted molar refractivity (Wildman–Crippen MR) is 109 cm³/mol. The van der Waals surface area contributed by atoms with Crippen LogP contribution < -0.4 is 25.6 Å². The Balaban J connectivity index is 2.39. The molecule has 0 heterocycles. The summed E-state index contributed by atoms with van der Waals surface area (Å²) in [6, 6.07) is 3.93. The van der Waals surface area contributed by atoms with Gasteiger partial charge in [-0.1, -0.05) is 0 Å². The summed E-state index contributed by atoms with van der Waals surface area (Å²) in [5, 5.41) is 3.35. The second-order valence-corrected chi connectivity index (χ2v) is 7.02. The Morgan fingerprint density at radius 2 is 1.85 bits per heavy atom. The summed E-state index contributed by atoms with van der Waals surface area (Å²) in [6.07, 6.45) is 0. The van der Waals surface area contributed by atoms with Crippen LogP contribution in [0.15, 0.2) is 12.1 Å². The molecule has 7 nitrogen and oxygen atoms in total. The van der Waals surface area contributed by atoms with Gasteiger partial charge in [0.15, 0.2) is 16.6 Å². The number of hydrogen-bond donors (Lipinski definition) is 3. The van der Waals surface area contributed by atoms with Crippen molar-refractivity contribution in [2.75, 3.05) is 33.7 Å². The molecule has 146 valence electrons. The number of methoxy groups -OCH3 is 3. The summed E-state index contributed by atoms with van der Waals surface area (Å²) in [5.74, 6) is 2.21. The molecule has 0 saturated carbocycles. The molecule has 9 heteroatoms. The van der Waals surface area contributed by atoms with Gasteiger partial charge in [0.05, 0.1) is 26.6 Å². The highest BCUT2D eigenvalue weighted by molar-refractivity contribution is 7.99. The van der Waals surface area contributed by atoms with Crippen LogP contribution in [0.1, 0.15) is 18.1 Å². The molecule has 0 fully saturated rings. The van der Waals surface area contributed by atoms with Gasteiger partial charge in [-0.3, -0.25) is 15.6 Å². The molecule has 0 aliphatic rings. The maximum atomic E-state index is 11.9. The fourth-order valence-corrected chi connectivity index (χ4v) is 3.29. The quantitative estimate of drug-likeness (QED) is 0.427. The maximum absolute atomic E-state index is 11.9. The number of carbonyl (C=O) groups excluding carboxylic acids is 1. The van der Waals surface area contributed by atoms with E-state index in [0.29, 0.717) is 34.7 Å². The monoisotopic (exact) mass is 401 g/mol. The van der Waals surface area contributed by atoms with Crippen molar-refractivity contribution in [3.63, 3.8) is 0 Å². The van der Waals surface area contributed by atoms with Crippen molar-refractivity contribution in [3.05, 3.63) is 23.3 Å². The zero-order valence-electron chi connectivity index (χ0n) is 15.8. The highest BCUT2D eigenvalue weighted by Gasteiger charge is 2.10. The van der Waals surface area contributed by atoms with Crippen LogP contribution in [-0.2, 0) is 15.3 Å². The van der Waals surface area contributed by atoms with E-state index in [1.165, 1.54) is 11.8 Å². The molecule has 0 aliphatic carbocycles. The first-order valence-electron chi connectivity index (χ1n) is 8.04. The number of benzene rings is 1. The lowest BCUT2D eigenvalue weighted by Gasteiger charge is -2.16. The smallest absolute Gasteiger partial charge is 0.248 e. The molecule has 0 unspecified atom stereocenters. The van der Waals surface area contributed by atoms with Gasteiger partial charge in [-0.25, -0.2) is 0 Å². The maximum Gasteiger partial charge on any atom is 0.248 e. The molecule has 0 radical (unpaired) electrons. The molecule has 0 spiro atoms. The van der Waals surface area contributed by atoms with Crippen LogP contribution in [0.25, 0.3) is 0 Å². The summed E-state index contributed by atoms with van der Waals surface area (Å²) >= 11 is 6.60. The molecule has 3 N–H and O–H groups in total. The number of aryl methyl sites for hydroxylation is 1. The topological polar surface area (TPSA) is 80.9 Å². The number of thiocarbonyl (C=S) groups is 1. The van der Waals surface area contributed by atoms with Gasteiger partial charge in [-0.2, -0.15) is 0 Å². The van der Waals surface area contributed by atoms with Crippen LogP contribution in [0.5, 0.6) is 11.5 Å². The van der Waals surface area contributed by atoms with E-state index in [1.807, 2.05) is 26.0 Å². The van der Waals surface area contributed by atoms with Gasteiger partial charge in [0.25, 0.3) is 0 Å². The third kappa shape index (κ3) is 7.67. The average Bonchev–Trinajstić information content (AvgIpc) is 2.61. The lowest BCUT2D eigenvalue weighted by atomic mass is 10.1. The molecular weight excluding hydrogens is 374 g/mol. The Morgan fingerprint density at radius 1 is 1.19 bits per heavy atom. The van der Waals surface area contributed by atoms with Crippen LogP contribution in [0.3, 0.4) is 0 Å². The molecule has 1 rings (SSSR count). The second-order valence-electron chi connectivity index (χ2n) is 5.63. The van der Waals surface area contributed by atoms with Gasteiger partial charge in [0.1, 0.15) is 0 Å². The van der Waals surface area contributed by atoms with Crippen molar-refractivity contribution in [3.8, 4) is 11.5 Å². The van der Waals surface area contributed by atoms with E-state index < -0.39 is 0 Å². The summed E-state index contributed by atoms with van der Waals surface area (Å²) < 4.78 is 15.6. The lowest BCUT2D eigenvalue weighted by molar-refractivity contribution is -0.119. The SMILES string of the molecule is COC[C@@H](C)NC(=S)NNC(=O)CSCc1cc(OC)c(OC)cc1C. The minimum Gasteiger partial charge on any atom is -0.493 e. The van der Waals surface area contributed by atoms with Crippen molar-refractivity contribution in [1.82, 2.24) is 16.2 Å². The first kappa shape index (κ1) is 22.3. The van der Waals surface area contributed by atoms with Gasteiger partial charge < -0.3 is 19.5 Å². The molecule has 1 atom stereocenters. The Morgan fingerprint density at radius 3 is 2.46 bits per heavy atom. The zero-order chi connectivity index (χ0) is 19.5. The zero-order valence-corrected chi connectivity index (χ0v) is 17.4. The minimum absolute atomic E-state index is 0.0549. The summed E-state index contributed by atoms with van der Waals surface area (Å²) in [7, 11) is 4.83. The Hall–Kier alpha value is -1.71. The number of rotatable bonds is 9. The van der Waals surface area contributed by atoms with Crippen molar-refractivity contribution in [1.29, 1.82) is 0 Å². The van der Waals surface area contributed by atoms with E-state index in [1.54, 1.807) is 21.3 Å². The number of hydrogen-bond acceptors (Lipinski definition) is 6. The highest BCUT2D eigenvalue weighted by Crippen LogP contribution is 2.31. The third-order valence-electron chi connectivity index (χ3n) is 3.44. The first-order valence-corrected chi connectivity index (χ1v) is 9.61. The lowest BCUT2D eigenvalue weighted by Crippen LogP contribution is -2.50. The van der Waals surface area contributed by atoms with Crippen LogP contribution in [0.4, 0.5) is 0 Å². The van der Waals surface area contributed by atoms with Crippen LogP contribution >= 0.6 is 24.0 Å². The second kappa shape index (κ2) is 11.8. The average molecular weight is 402 g/mol. The number of nitrogens with one attached hydrogen (secondary N) is 3. The van der Waals surface area contributed by atoms with Crippen molar-refractivity contribution in [2.45, 2.75) is 25.6 Å². The Bertz CT molecular complexity index is 614. The number of amides is 1. The van der Waals surface area contributed by atoms with Crippen molar-refractivity contribution in [2.24, 2.45) is 0 Å². The number of ether oxygens (including phenoxy) is 3. The molecule has 1 aromatic carbocycles. The fraction of sp³-hybridized carbons (Fsp3) is 0.529. The highest BCUT2D eigenvalue weighted by atomic mass is 32.2. The standard InChI is InChI=1S/C17H27N3O4S2/c1-11-6-14(23-4)15(24-5)7-13(11)9-26-10-16(21)19-20-17(25)18-12(2)8-22-3/h6-7,12H,8-10H2,1-5H3,(H,19,21)(H2,18,20,25)/t12-/m1/s1. The molecule has 0 aromatic heterocycles. The van der Waals surface area contributed by atoms with Crippen LogP contribution in [0.2, 0.25) is 0 Å². The van der Waals surface area contributed by atoms with E-state index in [4.69, 9.17) is 26.4 Å². The molecule has 26 heavy (non-hydrogen) atoms. The van der Waals surface area contributed by atoms with Crippen LogP contribution in [-0.4, -0.2) is 50.8 Å². The molecule has 0 aliphatic heterocycles. The first-order chi connectivity index (χ1) is 12.4. The third-order valence-corrected chi connectivity index (χ3v) is 4.64. The molecule has 1 aromatic rings. The van der Waals surface area contributed by atoms with Gasteiger partial charge in [-0.15, -0.1) is 11.8 Å². The summed E-state index contributed by atoms with van der Waals surface area (Å²) in [6.45, 7) is 4.46. The van der Waals surface area contributed by atoms with Gasteiger partial charge in [0, 0.05) is 18.9 Å². The predicted octanol–water partition coefficient (Wildman–Crippen LogP) is 1.78. The largest absolute Gasteiger partial charge is 0.493 e. The van der Waals surface area contributed by atoms with Gasteiger partial charge in [-0.05, 0) is 49.3 Å². The normalized spacial score (nSPS) is 11.4. The summed E-state index contributed by atoms with van der Waals surface area (Å²) in [5.41, 5.74) is 7.44. The number of carbonyl (C=O) groups is 1. The van der Waals surface area contributed by atoms with E-state index in [-0.39, 0.29) is 11.9 Å². The van der Waals surface area contributed by atoms with Crippen LogP contribution in [0, 0.1) is 6.92 Å². The Kier molecular flexibility index (Phi) is 10.2. The molecule has 0 saturated heterocycles. The molecular formula is C17H27N3O4S2. The van der Waals surface area contributed by atoms with E-state index in [2.05, 4.69) is 16.2 Å². The van der Waals surface area contributed by atoms with E-state index in [9.17, 15) is 4.79 Å². The fourth-order valence-electron chi connectivity index (χ4n) is 2.15. The summed E-state index contributed by atoms with van der Waals surface area (Å²) in [4.78, 5) is 11.9. The number of thioether (sulfide) groups is 1. The minimum atomic E-state index is -0.156. The van der Waals surface area contributed by atoms with Crippen molar-refractivity contribution >= 4 is 35.0 Å². The molecule has 0 bridgehead atoms.